The lowest BCUT2D eigenvalue weighted by atomic mass is 10.0. The zero-order valence-electron chi connectivity index (χ0n) is 20.7. The average Bonchev–Trinajstić information content (AvgIpc) is 2.95. The van der Waals surface area contributed by atoms with E-state index in [1.165, 1.54) is 6.08 Å². The van der Waals surface area contributed by atoms with Crippen molar-refractivity contribution in [2.45, 2.75) is 36.4 Å². The summed E-state index contributed by atoms with van der Waals surface area (Å²) >= 11 is 1.69. The molecule has 0 saturated carbocycles. The molecule has 3 atom stereocenters. The highest BCUT2D eigenvalue weighted by molar-refractivity contribution is 7.99. The van der Waals surface area contributed by atoms with Crippen LogP contribution in [-0.2, 0) is 20.8 Å². The predicted octanol–water partition coefficient (Wildman–Crippen LogP) is 6.26. The van der Waals surface area contributed by atoms with E-state index in [1.807, 2.05) is 60.7 Å². The Bertz CT molecular complexity index is 1170. The van der Waals surface area contributed by atoms with Crippen molar-refractivity contribution in [2.75, 3.05) is 24.8 Å². The van der Waals surface area contributed by atoms with Crippen molar-refractivity contribution in [3.63, 3.8) is 0 Å². The lowest BCUT2D eigenvalue weighted by molar-refractivity contribution is -0.245. The molecule has 7 nitrogen and oxygen atoms in total. The number of carbonyl (C=O) groups excluding carboxylic acids is 1. The van der Waals surface area contributed by atoms with Crippen LogP contribution >= 0.6 is 11.8 Å². The number of carbonyl (C=O) groups is 1. The zero-order valence-corrected chi connectivity index (χ0v) is 21.5. The first-order valence-electron chi connectivity index (χ1n) is 12.0. The maximum absolute atomic E-state index is 11.8. The summed E-state index contributed by atoms with van der Waals surface area (Å²) < 4.78 is 23.3. The first-order chi connectivity index (χ1) is 18.1. The molecule has 0 aromatic heterocycles. The molecule has 0 radical (unpaired) electrons. The molecule has 1 saturated heterocycles. The highest BCUT2D eigenvalue weighted by Gasteiger charge is 2.32. The Kier molecular flexibility index (Phi) is 9.62. The zero-order chi connectivity index (χ0) is 26.0. The van der Waals surface area contributed by atoms with Gasteiger partial charge in [-0.2, -0.15) is 0 Å². The molecule has 3 unspecified atom stereocenters. The van der Waals surface area contributed by atoms with Gasteiger partial charge in [0.1, 0.15) is 12.4 Å². The summed E-state index contributed by atoms with van der Waals surface area (Å²) in [5.74, 6) is 1.56. The predicted molar refractivity (Wildman–Crippen MR) is 144 cm³/mol. The van der Waals surface area contributed by atoms with Gasteiger partial charge in [0.15, 0.2) is 6.29 Å². The Labute approximate surface area is 221 Å². The van der Waals surface area contributed by atoms with Gasteiger partial charge in [-0.1, -0.05) is 61.2 Å². The number of para-hydroxylation sites is 1. The molecule has 0 spiro atoms. The molecule has 8 heteroatoms. The number of aliphatic hydroxyl groups excluding tert-OH is 1. The number of nitrogens with one attached hydrogen (secondary N) is 1. The SMILES string of the molecule is C=CCOC(=O)Nc1ccc(C2OC(CSc3ccccc3OC)CC(c3ccc(CO)cc3)O2)cc1. The number of aliphatic hydroxyl groups is 1. The molecule has 194 valence electrons. The maximum atomic E-state index is 11.8. The molecule has 37 heavy (non-hydrogen) atoms. The van der Waals surface area contributed by atoms with E-state index in [0.717, 1.165) is 33.1 Å². The molecule has 1 aliphatic rings. The van der Waals surface area contributed by atoms with E-state index in [1.54, 1.807) is 31.0 Å². The third-order valence-corrected chi connectivity index (χ3v) is 7.06. The largest absolute Gasteiger partial charge is 0.496 e. The maximum Gasteiger partial charge on any atom is 0.411 e. The number of hydrogen-bond donors (Lipinski definition) is 2. The van der Waals surface area contributed by atoms with Crippen LogP contribution in [0.5, 0.6) is 5.75 Å². The summed E-state index contributed by atoms with van der Waals surface area (Å²) in [5.41, 5.74) is 3.33. The van der Waals surface area contributed by atoms with Crippen molar-refractivity contribution < 1.29 is 28.8 Å². The van der Waals surface area contributed by atoms with Crippen LogP contribution in [0.25, 0.3) is 0 Å². The number of hydrogen-bond acceptors (Lipinski definition) is 7. The third kappa shape index (κ3) is 7.36. The molecule has 1 amide bonds. The van der Waals surface area contributed by atoms with Crippen LogP contribution in [0.15, 0.2) is 90.3 Å². The van der Waals surface area contributed by atoms with Gasteiger partial charge in [0.05, 0.1) is 25.9 Å². The van der Waals surface area contributed by atoms with Crippen molar-refractivity contribution in [3.05, 3.63) is 102 Å². The molecule has 1 heterocycles. The number of thioether (sulfide) groups is 1. The Hall–Kier alpha value is -3.30. The molecular weight excluding hydrogens is 490 g/mol. The summed E-state index contributed by atoms with van der Waals surface area (Å²) in [6.07, 6.45) is 0.811. The number of rotatable bonds is 10. The van der Waals surface area contributed by atoms with Gasteiger partial charge in [-0.3, -0.25) is 5.32 Å². The number of benzene rings is 3. The third-order valence-electron chi connectivity index (χ3n) is 5.87. The van der Waals surface area contributed by atoms with Gasteiger partial charge in [0.2, 0.25) is 0 Å². The molecule has 0 bridgehead atoms. The highest BCUT2D eigenvalue weighted by atomic mass is 32.2. The topological polar surface area (TPSA) is 86.3 Å². The standard InChI is InChI=1S/C29H31NO6S/c1-3-16-34-29(32)30-23-14-12-22(13-15-23)28-35-24(19-37-27-7-5-4-6-25(27)33-2)17-26(36-28)21-10-8-20(18-31)9-11-21/h3-15,24,26,28,31H,1,16-19H2,2H3,(H,30,32). The van der Waals surface area contributed by atoms with E-state index in [0.29, 0.717) is 12.1 Å². The molecule has 1 fully saturated rings. The van der Waals surface area contributed by atoms with Crippen molar-refractivity contribution in [3.8, 4) is 5.75 Å². The lowest BCUT2D eigenvalue weighted by Crippen LogP contribution is -2.31. The van der Waals surface area contributed by atoms with Gasteiger partial charge in [-0.15, -0.1) is 11.8 Å². The summed E-state index contributed by atoms with van der Waals surface area (Å²) in [6.45, 7) is 3.67. The Morgan fingerprint density at radius 3 is 2.51 bits per heavy atom. The number of amides is 1. The summed E-state index contributed by atoms with van der Waals surface area (Å²) in [4.78, 5) is 12.9. The van der Waals surface area contributed by atoms with Crippen molar-refractivity contribution >= 4 is 23.5 Å². The molecule has 4 rings (SSSR count). The van der Waals surface area contributed by atoms with Crippen LogP contribution < -0.4 is 10.1 Å². The average molecular weight is 522 g/mol. The summed E-state index contributed by atoms with van der Waals surface area (Å²) in [6, 6.07) is 23.1. The first-order valence-corrected chi connectivity index (χ1v) is 13.0. The molecular formula is C29H31NO6S. The van der Waals surface area contributed by atoms with Gasteiger partial charge < -0.3 is 24.1 Å². The van der Waals surface area contributed by atoms with Crippen LogP contribution in [0, 0.1) is 0 Å². The normalized spacial score (nSPS) is 19.1. The van der Waals surface area contributed by atoms with Gasteiger partial charge in [-0.05, 0) is 35.4 Å². The van der Waals surface area contributed by atoms with Crippen LogP contribution in [0.2, 0.25) is 0 Å². The van der Waals surface area contributed by atoms with E-state index in [9.17, 15) is 9.90 Å². The fourth-order valence-corrected chi connectivity index (χ4v) is 5.00. The fraction of sp³-hybridized carbons (Fsp3) is 0.276. The minimum Gasteiger partial charge on any atom is -0.496 e. The van der Waals surface area contributed by atoms with E-state index >= 15 is 0 Å². The van der Waals surface area contributed by atoms with Crippen LogP contribution in [0.3, 0.4) is 0 Å². The van der Waals surface area contributed by atoms with Crippen molar-refractivity contribution in [1.82, 2.24) is 0 Å². The minimum absolute atomic E-state index is 0.00275. The summed E-state index contributed by atoms with van der Waals surface area (Å²) in [7, 11) is 1.67. The van der Waals surface area contributed by atoms with Gasteiger partial charge in [0.25, 0.3) is 0 Å². The first kappa shape index (κ1) is 26.8. The Morgan fingerprint density at radius 2 is 1.81 bits per heavy atom. The van der Waals surface area contributed by atoms with Gasteiger partial charge in [-0.25, -0.2) is 4.79 Å². The van der Waals surface area contributed by atoms with E-state index in [2.05, 4.69) is 11.9 Å². The van der Waals surface area contributed by atoms with Crippen LogP contribution in [0.1, 0.15) is 35.5 Å². The molecule has 3 aromatic carbocycles. The van der Waals surface area contributed by atoms with E-state index < -0.39 is 12.4 Å². The highest BCUT2D eigenvalue weighted by Crippen LogP contribution is 2.40. The Balaban J connectivity index is 1.49. The number of anilines is 1. The smallest absolute Gasteiger partial charge is 0.411 e. The van der Waals surface area contributed by atoms with Gasteiger partial charge in [0, 0.05) is 28.3 Å². The molecule has 0 aliphatic carbocycles. The van der Waals surface area contributed by atoms with E-state index in [-0.39, 0.29) is 25.4 Å². The second-order valence-corrected chi connectivity index (χ2v) is 9.51. The molecule has 2 N–H and O–H groups in total. The number of methoxy groups -OCH3 is 1. The second-order valence-electron chi connectivity index (χ2n) is 8.45. The quantitative estimate of drug-likeness (QED) is 0.241. The minimum atomic E-state index is -0.582. The van der Waals surface area contributed by atoms with Crippen LogP contribution in [0.4, 0.5) is 10.5 Å². The van der Waals surface area contributed by atoms with E-state index in [4.69, 9.17) is 18.9 Å². The number of ether oxygens (including phenoxy) is 4. The summed E-state index contributed by atoms with van der Waals surface area (Å²) in [5, 5.41) is 12.1. The second kappa shape index (κ2) is 13.3. The Morgan fingerprint density at radius 1 is 1.08 bits per heavy atom. The fourth-order valence-electron chi connectivity index (χ4n) is 3.96. The molecule has 1 aliphatic heterocycles. The van der Waals surface area contributed by atoms with Crippen LogP contribution in [-0.4, -0.2) is 36.8 Å². The van der Waals surface area contributed by atoms with Gasteiger partial charge >= 0.3 is 6.09 Å². The monoisotopic (exact) mass is 521 g/mol. The molecule has 3 aromatic rings. The van der Waals surface area contributed by atoms with Crippen molar-refractivity contribution in [2.24, 2.45) is 0 Å². The van der Waals surface area contributed by atoms with Crippen molar-refractivity contribution in [1.29, 1.82) is 0 Å². The lowest BCUT2D eigenvalue weighted by Gasteiger charge is -2.36.